The van der Waals surface area contributed by atoms with E-state index in [0.717, 1.165) is 31.6 Å². The van der Waals surface area contributed by atoms with Gasteiger partial charge < -0.3 is 10.1 Å². The Labute approximate surface area is 111 Å². The quantitative estimate of drug-likeness (QED) is 0.877. The number of halogens is 3. The number of hydrogen-bond donors (Lipinski definition) is 1. The van der Waals surface area contributed by atoms with Crippen molar-refractivity contribution in [1.29, 1.82) is 0 Å². The topological polar surface area (TPSA) is 21.3 Å². The zero-order valence-electron chi connectivity index (χ0n) is 10.8. The molecule has 1 aromatic rings. The number of alkyl halides is 2. The van der Waals surface area contributed by atoms with E-state index in [-0.39, 0.29) is 0 Å². The van der Waals surface area contributed by atoms with E-state index < -0.39 is 18.2 Å². The van der Waals surface area contributed by atoms with E-state index in [0.29, 0.717) is 11.7 Å². The van der Waals surface area contributed by atoms with Crippen molar-refractivity contribution in [3.63, 3.8) is 0 Å². The van der Waals surface area contributed by atoms with E-state index >= 15 is 0 Å². The van der Waals surface area contributed by atoms with Crippen molar-refractivity contribution in [2.24, 2.45) is 5.92 Å². The maximum atomic E-state index is 13.5. The lowest BCUT2D eigenvalue weighted by molar-refractivity contribution is -0.0521. The normalized spacial score (nSPS) is 23.4. The minimum absolute atomic E-state index is 0.331. The van der Waals surface area contributed by atoms with Crippen LogP contribution in [-0.2, 0) is 0 Å². The van der Waals surface area contributed by atoms with Gasteiger partial charge in [0.25, 0.3) is 0 Å². The van der Waals surface area contributed by atoms with Crippen LogP contribution >= 0.6 is 0 Å². The molecule has 0 amide bonds. The highest BCUT2D eigenvalue weighted by atomic mass is 19.3. The lowest BCUT2D eigenvalue weighted by Gasteiger charge is -2.27. The minimum Gasteiger partial charge on any atom is -0.432 e. The summed E-state index contributed by atoms with van der Waals surface area (Å²) in [4.78, 5) is 0. The summed E-state index contributed by atoms with van der Waals surface area (Å²) in [5.74, 6) is -0.441. The van der Waals surface area contributed by atoms with E-state index in [1.54, 1.807) is 6.07 Å². The molecule has 0 aromatic heterocycles. The van der Waals surface area contributed by atoms with Crippen LogP contribution in [0, 0.1) is 11.7 Å². The summed E-state index contributed by atoms with van der Waals surface area (Å²) in [6.45, 7) is -0.778. The Balaban J connectivity index is 1.96. The fraction of sp³-hybridized carbons (Fsp3) is 0.571. The standard InChI is InChI=1S/C14H18F3NO/c1-9-2-4-10(5-3-9)18-11-6-7-13(12(15)8-11)19-14(16)17/h6-10,14,18H,2-5H2,1H3. The van der Waals surface area contributed by atoms with Gasteiger partial charge in [-0.15, -0.1) is 0 Å². The third-order valence-corrected chi connectivity index (χ3v) is 3.53. The lowest BCUT2D eigenvalue weighted by Crippen LogP contribution is -2.25. The van der Waals surface area contributed by atoms with E-state index in [1.165, 1.54) is 12.1 Å². The molecule has 0 bridgehead atoms. The Morgan fingerprint density at radius 2 is 1.89 bits per heavy atom. The SMILES string of the molecule is CC1CCC(Nc2ccc(OC(F)F)c(F)c2)CC1. The number of hydrogen-bond acceptors (Lipinski definition) is 2. The van der Waals surface area contributed by atoms with Gasteiger partial charge in [-0.25, -0.2) is 4.39 Å². The number of benzene rings is 1. The van der Waals surface area contributed by atoms with E-state index in [9.17, 15) is 13.2 Å². The second-order valence-electron chi connectivity index (χ2n) is 5.12. The summed E-state index contributed by atoms with van der Waals surface area (Å²) in [6, 6.07) is 4.33. The molecule has 0 spiro atoms. The smallest absolute Gasteiger partial charge is 0.387 e. The fourth-order valence-corrected chi connectivity index (χ4v) is 2.42. The summed E-state index contributed by atoms with van der Waals surface area (Å²) in [7, 11) is 0. The van der Waals surface area contributed by atoms with Crippen LogP contribution in [0.15, 0.2) is 18.2 Å². The number of ether oxygens (including phenoxy) is 1. The van der Waals surface area contributed by atoms with Crippen molar-refractivity contribution < 1.29 is 17.9 Å². The van der Waals surface area contributed by atoms with Gasteiger partial charge in [0.15, 0.2) is 11.6 Å². The molecule has 1 fully saturated rings. The predicted octanol–water partition coefficient (Wildman–Crippen LogP) is 4.42. The minimum atomic E-state index is -3.01. The van der Waals surface area contributed by atoms with Crippen LogP contribution in [0.1, 0.15) is 32.6 Å². The molecule has 2 nitrogen and oxygen atoms in total. The monoisotopic (exact) mass is 273 g/mol. The number of anilines is 1. The maximum absolute atomic E-state index is 13.5. The molecule has 1 aliphatic carbocycles. The third-order valence-electron chi connectivity index (χ3n) is 3.53. The Morgan fingerprint density at radius 1 is 1.21 bits per heavy atom. The van der Waals surface area contributed by atoms with Crippen LogP contribution in [0.25, 0.3) is 0 Å². The Kier molecular flexibility index (Phi) is 4.56. The molecular formula is C14H18F3NO. The first kappa shape index (κ1) is 14.0. The van der Waals surface area contributed by atoms with Gasteiger partial charge in [-0.05, 0) is 43.7 Å². The van der Waals surface area contributed by atoms with Crippen molar-refractivity contribution in [3.8, 4) is 5.75 Å². The molecule has 0 radical (unpaired) electrons. The zero-order valence-corrected chi connectivity index (χ0v) is 10.8. The Bertz CT molecular complexity index is 417. The summed E-state index contributed by atoms with van der Waals surface area (Å²) in [6.07, 6.45) is 4.43. The van der Waals surface area contributed by atoms with Gasteiger partial charge in [-0.3, -0.25) is 0 Å². The van der Waals surface area contributed by atoms with Crippen LogP contribution in [0.5, 0.6) is 5.75 Å². The molecule has 0 saturated heterocycles. The van der Waals surface area contributed by atoms with Gasteiger partial charge in [0.05, 0.1) is 0 Å². The lowest BCUT2D eigenvalue weighted by atomic mass is 9.87. The molecule has 2 rings (SSSR count). The van der Waals surface area contributed by atoms with Crippen molar-refractivity contribution in [3.05, 3.63) is 24.0 Å². The highest BCUT2D eigenvalue weighted by molar-refractivity contribution is 5.48. The van der Waals surface area contributed by atoms with E-state index in [2.05, 4.69) is 17.0 Å². The van der Waals surface area contributed by atoms with Gasteiger partial charge in [-0.2, -0.15) is 8.78 Å². The van der Waals surface area contributed by atoms with E-state index in [1.807, 2.05) is 0 Å². The molecule has 1 aliphatic rings. The first-order valence-corrected chi connectivity index (χ1v) is 6.55. The third kappa shape index (κ3) is 4.04. The van der Waals surface area contributed by atoms with E-state index in [4.69, 9.17) is 0 Å². The number of nitrogens with one attached hydrogen (secondary N) is 1. The summed E-state index contributed by atoms with van der Waals surface area (Å²) in [5, 5.41) is 3.24. The fourth-order valence-electron chi connectivity index (χ4n) is 2.42. The summed E-state index contributed by atoms with van der Waals surface area (Å²) >= 11 is 0. The average molecular weight is 273 g/mol. The van der Waals surface area contributed by atoms with Crippen molar-refractivity contribution in [2.45, 2.75) is 45.3 Å². The molecule has 5 heteroatoms. The molecule has 1 saturated carbocycles. The molecule has 0 atom stereocenters. The van der Waals surface area contributed by atoms with Crippen LogP contribution in [0.4, 0.5) is 18.9 Å². The van der Waals surface area contributed by atoms with Crippen LogP contribution < -0.4 is 10.1 Å². The van der Waals surface area contributed by atoms with Crippen molar-refractivity contribution >= 4 is 5.69 Å². The van der Waals surface area contributed by atoms with Crippen LogP contribution in [0.2, 0.25) is 0 Å². The second kappa shape index (κ2) is 6.17. The van der Waals surface area contributed by atoms with Gasteiger partial charge in [-0.1, -0.05) is 6.92 Å². The second-order valence-corrected chi connectivity index (χ2v) is 5.12. The molecule has 0 aliphatic heterocycles. The Hall–Kier alpha value is -1.39. The zero-order chi connectivity index (χ0) is 13.8. The molecule has 1 N–H and O–H groups in total. The average Bonchev–Trinajstić information content (AvgIpc) is 2.35. The molecule has 0 unspecified atom stereocenters. The summed E-state index contributed by atoms with van der Waals surface area (Å²) < 4.78 is 41.6. The first-order valence-electron chi connectivity index (χ1n) is 6.55. The Morgan fingerprint density at radius 3 is 2.47 bits per heavy atom. The van der Waals surface area contributed by atoms with Crippen molar-refractivity contribution in [1.82, 2.24) is 0 Å². The maximum Gasteiger partial charge on any atom is 0.387 e. The largest absolute Gasteiger partial charge is 0.432 e. The molecule has 19 heavy (non-hydrogen) atoms. The van der Waals surface area contributed by atoms with Crippen molar-refractivity contribution in [2.75, 3.05) is 5.32 Å². The van der Waals surface area contributed by atoms with Gasteiger partial charge >= 0.3 is 6.61 Å². The van der Waals surface area contributed by atoms with Crippen LogP contribution in [0.3, 0.4) is 0 Å². The predicted molar refractivity (Wildman–Crippen MR) is 68.1 cm³/mol. The molecule has 0 heterocycles. The number of rotatable bonds is 4. The first-order chi connectivity index (χ1) is 9.04. The van der Waals surface area contributed by atoms with Gasteiger partial charge in [0.2, 0.25) is 0 Å². The highest BCUT2D eigenvalue weighted by Crippen LogP contribution is 2.28. The molecular weight excluding hydrogens is 255 g/mol. The summed E-state index contributed by atoms with van der Waals surface area (Å²) in [5.41, 5.74) is 0.610. The van der Waals surface area contributed by atoms with Gasteiger partial charge in [0.1, 0.15) is 0 Å². The van der Waals surface area contributed by atoms with Crippen LogP contribution in [-0.4, -0.2) is 12.7 Å². The molecule has 106 valence electrons. The highest BCUT2D eigenvalue weighted by Gasteiger charge is 2.18. The van der Waals surface area contributed by atoms with Gasteiger partial charge in [0, 0.05) is 17.8 Å². The molecule has 1 aromatic carbocycles.